The van der Waals surface area contributed by atoms with E-state index in [4.69, 9.17) is 0 Å². The zero-order valence-corrected chi connectivity index (χ0v) is 8.30. The Morgan fingerprint density at radius 3 is 2.83 bits per heavy atom. The van der Waals surface area contributed by atoms with Crippen LogP contribution in [0, 0.1) is 0 Å². The third-order valence-corrected chi connectivity index (χ3v) is 1.93. The first-order valence-electron chi connectivity index (χ1n) is 4.63. The molecule has 0 aliphatic carbocycles. The third-order valence-electron chi connectivity index (χ3n) is 1.93. The van der Waals surface area contributed by atoms with Gasteiger partial charge in [0.2, 0.25) is 0 Å². The number of rotatable bonds is 3. The molecule has 70 valence electrons. The number of nitrogens with one attached hydrogen (secondary N) is 1. The molecule has 0 amide bonds. The summed E-state index contributed by atoms with van der Waals surface area (Å²) in [5, 5.41) is 3.42. The van der Waals surface area contributed by atoms with E-state index in [0.717, 1.165) is 19.5 Å². The summed E-state index contributed by atoms with van der Waals surface area (Å²) < 4.78 is 0. The second-order valence-corrected chi connectivity index (χ2v) is 3.74. The van der Waals surface area contributed by atoms with Gasteiger partial charge in [-0.15, -0.1) is 0 Å². The van der Waals surface area contributed by atoms with E-state index in [1.807, 2.05) is 0 Å². The van der Waals surface area contributed by atoms with Gasteiger partial charge < -0.3 is 10.2 Å². The van der Waals surface area contributed by atoms with E-state index in [1.54, 1.807) is 0 Å². The van der Waals surface area contributed by atoms with Crippen molar-refractivity contribution in [1.29, 1.82) is 0 Å². The molecule has 0 spiro atoms. The van der Waals surface area contributed by atoms with Gasteiger partial charge in [-0.2, -0.15) is 0 Å². The van der Waals surface area contributed by atoms with Crippen LogP contribution in [-0.2, 0) is 0 Å². The fourth-order valence-corrected chi connectivity index (χ4v) is 1.54. The molecule has 3 nitrogen and oxygen atoms in total. The summed E-state index contributed by atoms with van der Waals surface area (Å²) in [4.78, 5) is 6.56. The normalized spacial score (nSPS) is 19.5. The van der Waals surface area contributed by atoms with Crippen LogP contribution < -0.4 is 5.32 Å². The maximum Gasteiger partial charge on any atom is 0.0966 e. The molecule has 1 rings (SSSR count). The van der Waals surface area contributed by atoms with Crippen molar-refractivity contribution < 1.29 is 0 Å². The number of nitrogens with zero attached hydrogens (tertiary/aromatic N) is 2. The summed E-state index contributed by atoms with van der Waals surface area (Å²) >= 11 is 0. The number of hydrogen-bond donors (Lipinski definition) is 1. The molecule has 1 heterocycles. The summed E-state index contributed by atoms with van der Waals surface area (Å²) in [6.45, 7) is 4.27. The molecule has 1 aliphatic rings. The number of amidine groups is 1. The lowest BCUT2D eigenvalue weighted by Crippen LogP contribution is -2.38. The molecular formula is C9H19N3. The fraction of sp³-hybridized carbons (Fsp3) is 0.889. The molecular weight excluding hydrogens is 150 g/mol. The highest BCUT2D eigenvalue weighted by atomic mass is 15.1. The zero-order chi connectivity index (χ0) is 8.97. The van der Waals surface area contributed by atoms with Crippen LogP contribution in [0.4, 0.5) is 0 Å². The number of likely N-dealkylation sites (N-methyl/N-ethyl adjacent to an activating group) is 1. The van der Waals surface area contributed by atoms with Crippen molar-refractivity contribution >= 4 is 5.84 Å². The highest BCUT2D eigenvalue weighted by Gasteiger charge is 2.09. The van der Waals surface area contributed by atoms with Crippen LogP contribution in [0.5, 0.6) is 0 Å². The maximum absolute atomic E-state index is 4.37. The highest BCUT2D eigenvalue weighted by Crippen LogP contribution is 2.02. The SMILES string of the molecule is CC(CN(C)C)NC1=NCCC1. The van der Waals surface area contributed by atoms with E-state index < -0.39 is 0 Å². The number of hydrogen-bond acceptors (Lipinski definition) is 3. The fourth-order valence-electron chi connectivity index (χ4n) is 1.54. The Morgan fingerprint density at radius 2 is 2.33 bits per heavy atom. The van der Waals surface area contributed by atoms with Crippen LogP contribution in [0.1, 0.15) is 19.8 Å². The van der Waals surface area contributed by atoms with Crippen molar-refractivity contribution in [1.82, 2.24) is 10.2 Å². The second-order valence-electron chi connectivity index (χ2n) is 3.74. The molecule has 0 saturated heterocycles. The minimum absolute atomic E-state index is 0.511. The Hall–Kier alpha value is -0.570. The Morgan fingerprint density at radius 1 is 1.58 bits per heavy atom. The average molecular weight is 169 g/mol. The predicted molar refractivity (Wildman–Crippen MR) is 52.7 cm³/mol. The van der Waals surface area contributed by atoms with Crippen LogP contribution in [0.15, 0.2) is 4.99 Å². The Balaban J connectivity index is 2.21. The van der Waals surface area contributed by atoms with Crippen molar-refractivity contribution in [2.24, 2.45) is 4.99 Å². The van der Waals surface area contributed by atoms with Gasteiger partial charge in [0.15, 0.2) is 0 Å². The molecule has 0 aromatic heterocycles. The van der Waals surface area contributed by atoms with Crippen LogP contribution in [-0.4, -0.2) is 44.0 Å². The summed E-state index contributed by atoms with van der Waals surface area (Å²) in [5.74, 6) is 1.20. The van der Waals surface area contributed by atoms with E-state index >= 15 is 0 Å². The Bertz CT molecular complexity index is 163. The quantitative estimate of drug-likeness (QED) is 0.674. The lowest BCUT2D eigenvalue weighted by molar-refractivity contribution is 0.369. The molecule has 12 heavy (non-hydrogen) atoms. The first-order valence-corrected chi connectivity index (χ1v) is 4.63. The van der Waals surface area contributed by atoms with Crippen LogP contribution in [0.2, 0.25) is 0 Å². The van der Waals surface area contributed by atoms with E-state index in [0.29, 0.717) is 6.04 Å². The van der Waals surface area contributed by atoms with E-state index in [2.05, 4.69) is 36.2 Å². The summed E-state index contributed by atoms with van der Waals surface area (Å²) in [6.07, 6.45) is 2.36. The van der Waals surface area contributed by atoms with Gasteiger partial charge in [-0.1, -0.05) is 0 Å². The first-order chi connectivity index (χ1) is 5.68. The van der Waals surface area contributed by atoms with E-state index in [1.165, 1.54) is 12.3 Å². The molecule has 1 atom stereocenters. The van der Waals surface area contributed by atoms with Crippen LogP contribution >= 0.6 is 0 Å². The molecule has 0 radical (unpaired) electrons. The maximum atomic E-state index is 4.37. The lowest BCUT2D eigenvalue weighted by Gasteiger charge is -2.18. The average Bonchev–Trinajstić information content (AvgIpc) is 2.37. The summed E-state index contributed by atoms with van der Waals surface area (Å²) in [6, 6.07) is 0.511. The standard InChI is InChI=1S/C9H19N3/c1-8(7-12(2)3)11-9-5-4-6-10-9/h8H,4-7H2,1-3H3,(H,10,11). The predicted octanol–water partition coefficient (Wildman–Crippen LogP) is 0.718. The van der Waals surface area contributed by atoms with Gasteiger partial charge >= 0.3 is 0 Å². The molecule has 0 aromatic rings. The van der Waals surface area contributed by atoms with Crippen molar-refractivity contribution in [2.45, 2.75) is 25.8 Å². The molecule has 0 fully saturated rings. The van der Waals surface area contributed by atoms with Crippen molar-refractivity contribution in [3.63, 3.8) is 0 Å². The van der Waals surface area contributed by atoms with Gasteiger partial charge in [0.1, 0.15) is 0 Å². The largest absolute Gasteiger partial charge is 0.370 e. The van der Waals surface area contributed by atoms with E-state index in [-0.39, 0.29) is 0 Å². The highest BCUT2D eigenvalue weighted by molar-refractivity contribution is 5.83. The molecule has 1 N–H and O–H groups in total. The summed E-state index contributed by atoms with van der Waals surface area (Å²) in [7, 11) is 4.18. The summed E-state index contributed by atoms with van der Waals surface area (Å²) in [5.41, 5.74) is 0. The van der Waals surface area contributed by atoms with E-state index in [9.17, 15) is 0 Å². The molecule has 3 heteroatoms. The van der Waals surface area contributed by atoms with Gasteiger partial charge in [-0.05, 0) is 27.4 Å². The molecule has 0 bridgehead atoms. The minimum atomic E-state index is 0.511. The molecule has 0 saturated carbocycles. The van der Waals surface area contributed by atoms with Crippen LogP contribution in [0.25, 0.3) is 0 Å². The van der Waals surface area contributed by atoms with Gasteiger partial charge in [0, 0.05) is 25.6 Å². The van der Waals surface area contributed by atoms with Crippen LogP contribution in [0.3, 0.4) is 0 Å². The van der Waals surface area contributed by atoms with Gasteiger partial charge in [0.25, 0.3) is 0 Å². The Labute approximate surface area is 74.9 Å². The Kier molecular flexibility index (Phi) is 3.53. The third kappa shape index (κ3) is 3.22. The monoisotopic (exact) mass is 169 g/mol. The van der Waals surface area contributed by atoms with Crippen molar-refractivity contribution in [3.8, 4) is 0 Å². The van der Waals surface area contributed by atoms with Gasteiger partial charge in [-0.25, -0.2) is 0 Å². The van der Waals surface area contributed by atoms with Gasteiger partial charge in [0.05, 0.1) is 5.84 Å². The first kappa shape index (κ1) is 9.52. The topological polar surface area (TPSA) is 27.6 Å². The van der Waals surface area contributed by atoms with Gasteiger partial charge in [-0.3, -0.25) is 4.99 Å². The molecule has 1 unspecified atom stereocenters. The number of aliphatic imine (C=N–C) groups is 1. The van der Waals surface area contributed by atoms with Crippen molar-refractivity contribution in [2.75, 3.05) is 27.2 Å². The van der Waals surface area contributed by atoms with Crippen molar-refractivity contribution in [3.05, 3.63) is 0 Å². The smallest absolute Gasteiger partial charge is 0.0966 e. The second kappa shape index (κ2) is 4.45. The molecule has 1 aliphatic heterocycles. The molecule has 0 aromatic carbocycles. The minimum Gasteiger partial charge on any atom is -0.370 e. The zero-order valence-electron chi connectivity index (χ0n) is 8.30. The lowest BCUT2D eigenvalue weighted by atomic mass is 10.3.